The van der Waals surface area contributed by atoms with E-state index >= 15 is 0 Å². The number of nitrogens with zero attached hydrogens (tertiary/aromatic N) is 1. The van der Waals surface area contributed by atoms with Crippen molar-refractivity contribution in [2.24, 2.45) is 5.84 Å². The third kappa shape index (κ3) is 3.29. The first-order chi connectivity index (χ1) is 8.81. The second-order valence-corrected chi connectivity index (χ2v) is 4.52. The van der Waals surface area contributed by atoms with Crippen LogP contribution in [0.2, 0.25) is 5.02 Å². The molecule has 18 heavy (non-hydrogen) atoms. The van der Waals surface area contributed by atoms with Crippen LogP contribution in [0.4, 0.5) is 0 Å². The number of hydrogen-bond acceptors (Lipinski definition) is 3. The monoisotopic (exact) mass is 261 g/mol. The average molecular weight is 262 g/mol. The smallest absolute Gasteiger partial charge is 0.0772 e. The van der Waals surface area contributed by atoms with Gasteiger partial charge in [0, 0.05) is 6.20 Å². The highest BCUT2D eigenvalue weighted by molar-refractivity contribution is 6.31. The molecule has 2 aromatic rings. The summed E-state index contributed by atoms with van der Waals surface area (Å²) in [7, 11) is 0. The maximum Gasteiger partial charge on any atom is 0.0772 e. The van der Waals surface area contributed by atoms with Crippen LogP contribution >= 0.6 is 11.6 Å². The molecule has 0 saturated carbocycles. The van der Waals surface area contributed by atoms with Crippen molar-refractivity contribution in [1.29, 1.82) is 0 Å². The summed E-state index contributed by atoms with van der Waals surface area (Å²) in [5.41, 5.74) is 4.87. The number of hydrazine groups is 1. The summed E-state index contributed by atoms with van der Waals surface area (Å²) < 4.78 is 0. The van der Waals surface area contributed by atoms with Gasteiger partial charge in [0.15, 0.2) is 0 Å². The van der Waals surface area contributed by atoms with Crippen LogP contribution in [-0.2, 0) is 6.42 Å². The first kappa shape index (κ1) is 13.0. The van der Waals surface area contributed by atoms with Crippen LogP contribution in [0.1, 0.15) is 23.7 Å². The molecule has 0 aliphatic heterocycles. The fourth-order valence-electron chi connectivity index (χ4n) is 1.91. The molecule has 3 N–H and O–H groups in total. The summed E-state index contributed by atoms with van der Waals surface area (Å²) in [5.74, 6) is 5.59. The van der Waals surface area contributed by atoms with E-state index in [1.165, 1.54) is 5.56 Å². The SMILES string of the molecule is NNC(CCc1ccccc1)c1ncccc1Cl. The van der Waals surface area contributed by atoms with Gasteiger partial charge >= 0.3 is 0 Å². The number of nitrogens with two attached hydrogens (primary N) is 1. The lowest BCUT2D eigenvalue weighted by Gasteiger charge is -2.16. The van der Waals surface area contributed by atoms with Gasteiger partial charge in [-0.1, -0.05) is 41.9 Å². The maximum absolute atomic E-state index is 6.12. The molecule has 94 valence electrons. The number of pyridine rings is 1. The molecule has 0 bridgehead atoms. The van der Waals surface area contributed by atoms with Gasteiger partial charge in [-0.2, -0.15) is 0 Å². The second-order valence-electron chi connectivity index (χ2n) is 4.11. The summed E-state index contributed by atoms with van der Waals surface area (Å²) in [6, 6.07) is 13.9. The van der Waals surface area contributed by atoms with Gasteiger partial charge in [0.2, 0.25) is 0 Å². The van der Waals surface area contributed by atoms with Crippen molar-refractivity contribution >= 4 is 11.6 Å². The molecule has 0 fully saturated rings. The predicted molar refractivity (Wildman–Crippen MR) is 74.1 cm³/mol. The van der Waals surface area contributed by atoms with Crippen LogP contribution in [0, 0.1) is 0 Å². The van der Waals surface area contributed by atoms with Gasteiger partial charge in [-0.15, -0.1) is 0 Å². The number of halogens is 1. The fourth-order valence-corrected chi connectivity index (χ4v) is 2.16. The molecule has 1 unspecified atom stereocenters. The molecular weight excluding hydrogens is 246 g/mol. The fraction of sp³-hybridized carbons (Fsp3) is 0.214. The minimum absolute atomic E-state index is 0.0288. The van der Waals surface area contributed by atoms with E-state index in [1.54, 1.807) is 6.20 Å². The van der Waals surface area contributed by atoms with Gasteiger partial charge in [0.1, 0.15) is 0 Å². The predicted octanol–water partition coefficient (Wildman–Crippen LogP) is 2.87. The van der Waals surface area contributed by atoms with Crippen molar-refractivity contribution in [3.05, 3.63) is 64.9 Å². The minimum Gasteiger partial charge on any atom is -0.271 e. The number of hydrogen-bond donors (Lipinski definition) is 2. The Labute approximate surface area is 112 Å². The van der Waals surface area contributed by atoms with Crippen molar-refractivity contribution in [2.45, 2.75) is 18.9 Å². The third-order valence-electron chi connectivity index (χ3n) is 2.88. The molecule has 0 aliphatic rings. The zero-order valence-electron chi connectivity index (χ0n) is 10.0. The molecule has 0 radical (unpaired) electrons. The van der Waals surface area contributed by atoms with E-state index in [2.05, 4.69) is 22.5 Å². The summed E-state index contributed by atoms with van der Waals surface area (Å²) >= 11 is 6.12. The van der Waals surface area contributed by atoms with E-state index in [9.17, 15) is 0 Å². The zero-order chi connectivity index (χ0) is 12.8. The summed E-state index contributed by atoms with van der Waals surface area (Å²) in [6.07, 6.45) is 3.52. The van der Waals surface area contributed by atoms with Crippen LogP contribution in [0.25, 0.3) is 0 Å². The van der Waals surface area contributed by atoms with Gasteiger partial charge in [0.05, 0.1) is 16.8 Å². The second kappa shape index (κ2) is 6.50. The van der Waals surface area contributed by atoms with Gasteiger partial charge in [-0.3, -0.25) is 16.3 Å². The lowest BCUT2D eigenvalue weighted by atomic mass is 10.0. The Hall–Kier alpha value is -1.42. The number of nitrogens with one attached hydrogen (secondary N) is 1. The molecule has 1 atom stereocenters. The minimum atomic E-state index is -0.0288. The Balaban J connectivity index is 2.04. The molecule has 1 aromatic heterocycles. The first-order valence-electron chi connectivity index (χ1n) is 5.91. The molecule has 2 rings (SSSR count). The van der Waals surface area contributed by atoms with Gasteiger partial charge < -0.3 is 0 Å². The summed E-state index contributed by atoms with van der Waals surface area (Å²) in [5, 5.41) is 0.647. The molecule has 0 saturated heterocycles. The molecule has 0 amide bonds. The molecule has 0 spiro atoms. The molecule has 0 aliphatic carbocycles. The lowest BCUT2D eigenvalue weighted by Crippen LogP contribution is -2.29. The Morgan fingerprint density at radius 3 is 2.61 bits per heavy atom. The van der Waals surface area contributed by atoms with Crippen molar-refractivity contribution in [1.82, 2.24) is 10.4 Å². The molecule has 3 nitrogen and oxygen atoms in total. The Bertz CT molecular complexity index is 487. The average Bonchev–Trinajstić information content (AvgIpc) is 2.42. The van der Waals surface area contributed by atoms with Gasteiger partial charge in [0.25, 0.3) is 0 Å². The van der Waals surface area contributed by atoms with Crippen LogP contribution in [0.3, 0.4) is 0 Å². The normalized spacial score (nSPS) is 12.3. The van der Waals surface area contributed by atoms with E-state index in [0.29, 0.717) is 5.02 Å². The zero-order valence-corrected chi connectivity index (χ0v) is 10.8. The first-order valence-corrected chi connectivity index (χ1v) is 6.29. The van der Waals surface area contributed by atoms with E-state index < -0.39 is 0 Å². The van der Waals surface area contributed by atoms with Crippen molar-refractivity contribution in [3.63, 3.8) is 0 Å². The van der Waals surface area contributed by atoms with Crippen LogP contribution in [-0.4, -0.2) is 4.98 Å². The highest BCUT2D eigenvalue weighted by Gasteiger charge is 2.14. The molecule has 1 aromatic carbocycles. The summed E-state index contributed by atoms with van der Waals surface area (Å²) in [4.78, 5) is 4.29. The topological polar surface area (TPSA) is 50.9 Å². The quantitative estimate of drug-likeness (QED) is 0.643. The number of aromatic nitrogens is 1. The van der Waals surface area contributed by atoms with Crippen LogP contribution in [0.15, 0.2) is 48.7 Å². The van der Waals surface area contributed by atoms with E-state index in [1.807, 2.05) is 30.3 Å². The van der Waals surface area contributed by atoms with Crippen molar-refractivity contribution < 1.29 is 0 Å². The van der Waals surface area contributed by atoms with Crippen molar-refractivity contribution in [3.8, 4) is 0 Å². The highest BCUT2D eigenvalue weighted by Crippen LogP contribution is 2.23. The van der Waals surface area contributed by atoms with Crippen LogP contribution in [0.5, 0.6) is 0 Å². The standard InChI is InChI=1S/C14H16ClN3/c15-12-7-4-10-17-14(12)13(18-16)9-8-11-5-2-1-3-6-11/h1-7,10,13,18H,8-9,16H2. The third-order valence-corrected chi connectivity index (χ3v) is 3.20. The maximum atomic E-state index is 6.12. The van der Waals surface area contributed by atoms with Gasteiger partial charge in [-0.25, -0.2) is 0 Å². The van der Waals surface area contributed by atoms with E-state index in [-0.39, 0.29) is 6.04 Å². The Morgan fingerprint density at radius 1 is 1.17 bits per heavy atom. The van der Waals surface area contributed by atoms with Crippen molar-refractivity contribution in [2.75, 3.05) is 0 Å². The van der Waals surface area contributed by atoms with E-state index in [4.69, 9.17) is 17.4 Å². The molecule has 1 heterocycles. The molecular formula is C14H16ClN3. The highest BCUT2D eigenvalue weighted by atomic mass is 35.5. The van der Waals surface area contributed by atoms with Gasteiger partial charge in [-0.05, 0) is 30.5 Å². The lowest BCUT2D eigenvalue weighted by molar-refractivity contribution is 0.505. The summed E-state index contributed by atoms with van der Waals surface area (Å²) in [6.45, 7) is 0. The number of aryl methyl sites for hydroxylation is 1. The Morgan fingerprint density at radius 2 is 1.94 bits per heavy atom. The number of rotatable bonds is 5. The number of benzene rings is 1. The van der Waals surface area contributed by atoms with Crippen LogP contribution < -0.4 is 11.3 Å². The Kier molecular flexibility index (Phi) is 4.70. The molecule has 4 heteroatoms. The largest absolute Gasteiger partial charge is 0.271 e. The van der Waals surface area contributed by atoms with E-state index in [0.717, 1.165) is 18.5 Å².